The summed E-state index contributed by atoms with van der Waals surface area (Å²) in [5.41, 5.74) is 2.50. The third-order valence-corrected chi connectivity index (χ3v) is 3.41. The van der Waals surface area contributed by atoms with Crippen LogP contribution in [0.1, 0.15) is 19.3 Å². The second kappa shape index (κ2) is 2.99. The first-order valence-electron chi connectivity index (χ1n) is 5.28. The maximum Gasteiger partial charge on any atom is 0.121 e. The molecule has 2 nitrogen and oxygen atoms in total. The zero-order valence-electron chi connectivity index (χ0n) is 8.07. The van der Waals surface area contributed by atoms with Crippen molar-refractivity contribution in [1.82, 2.24) is 0 Å². The molecule has 74 valence electrons. The van der Waals surface area contributed by atoms with Gasteiger partial charge in [0, 0.05) is 11.5 Å². The summed E-state index contributed by atoms with van der Waals surface area (Å²) in [5, 5.41) is 9.82. The highest BCUT2D eigenvalue weighted by Gasteiger charge is 2.34. The second-order valence-corrected chi connectivity index (χ2v) is 4.22. The molecule has 1 N–H and O–H groups in total. The van der Waals surface area contributed by atoms with E-state index >= 15 is 0 Å². The number of ether oxygens (including phenoxy) is 1. The van der Waals surface area contributed by atoms with Gasteiger partial charge < -0.3 is 9.84 Å². The van der Waals surface area contributed by atoms with Gasteiger partial charge in [-0.3, -0.25) is 0 Å². The predicted molar refractivity (Wildman–Crippen MR) is 54.0 cm³/mol. The van der Waals surface area contributed by atoms with Crippen LogP contribution in [0, 0.1) is 5.92 Å². The number of aliphatic hydroxyl groups excluding tert-OH is 1. The van der Waals surface area contributed by atoms with Crippen molar-refractivity contribution < 1.29 is 9.84 Å². The van der Waals surface area contributed by atoms with Gasteiger partial charge >= 0.3 is 0 Å². The zero-order chi connectivity index (χ0) is 9.54. The first-order valence-corrected chi connectivity index (χ1v) is 5.28. The van der Waals surface area contributed by atoms with Crippen LogP contribution in [0.3, 0.4) is 0 Å². The van der Waals surface area contributed by atoms with Gasteiger partial charge in [0.2, 0.25) is 0 Å². The van der Waals surface area contributed by atoms with Crippen molar-refractivity contribution in [2.45, 2.75) is 25.4 Å². The van der Waals surface area contributed by atoms with E-state index in [1.54, 1.807) is 6.08 Å². The van der Waals surface area contributed by atoms with Crippen LogP contribution in [0.4, 0.5) is 0 Å². The van der Waals surface area contributed by atoms with Crippen LogP contribution in [0.5, 0.6) is 0 Å². The average molecular weight is 190 g/mol. The van der Waals surface area contributed by atoms with Crippen molar-refractivity contribution in [2.24, 2.45) is 5.92 Å². The SMILES string of the molecule is OC1=CC=CC2OCC3CCCC3=C12. The molecule has 14 heavy (non-hydrogen) atoms. The van der Waals surface area contributed by atoms with Gasteiger partial charge in [-0.2, -0.15) is 0 Å². The van der Waals surface area contributed by atoms with Gasteiger partial charge in [0.15, 0.2) is 0 Å². The summed E-state index contributed by atoms with van der Waals surface area (Å²) in [4.78, 5) is 0. The average Bonchev–Trinajstić information content (AvgIpc) is 2.65. The van der Waals surface area contributed by atoms with Gasteiger partial charge in [-0.05, 0) is 25.3 Å². The van der Waals surface area contributed by atoms with Crippen molar-refractivity contribution in [2.75, 3.05) is 6.61 Å². The van der Waals surface area contributed by atoms with E-state index < -0.39 is 0 Å². The Bertz CT molecular complexity index is 349. The molecule has 2 heteroatoms. The van der Waals surface area contributed by atoms with E-state index in [-0.39, 0.29) is 6.10 Å². The van der Waals surface area contributed by atoms with Gasteiger partial charge in [0.05, 0.1) is 6.61 Å². The summed E-state index contributed by atoms with van der Waals surface area (Å²) in [6.07, 6.45) is 9.30. The van der Waals surface area contributed by atoms with Crippen molar-refractivity contribution in [3.63, 3.8) is 0 Å². The van der Waals surface area contributed by atoms with Gasteiger partial charge in [-0.15, -0.1) is 0 Å². The van der Waals surface area contributed by atoms with Crippen molar-refractivity contribution in [1.29, 1.82) is 0 Å². The van der Waals surface area contributed by atoms with E-state index in [4.69, 9.17) is 4.74 Å². The molecule has 3 rings (SSSR count). The van der Waals surface area contributed by atoms with E-state index in [1.807, 2.05) is 12.2 Å². The molecule has 0 spiro atoms. The molecule has 1 heterocycles. The highest BCUT2D eigenvalue weighted by Crippen LogP contribution is 2.41. The van der Waals surface area contributed by atoms with Crippen LogP contribution in [0.2, 0.25) is 0 Å². The van der Waals surface area contributed by atoms with Gasteiger partial charge in [0.25, 0.3) is 0 Å². The van der Waals surface area contributed by atoms with E-state index in [0.29, 0.717) is 11.7 Å². The Hall–Kier alpha value is -1.02. The predicted octanol–water partition coefficient (Wildman–Crippen LogP) is 2.49. The fourth-order valence-electron chi connectivity index (χ4n) is 2.74. The van der Waals surface area contributed by atoms with E-state index in [1.165, 1.54) is 18.4 Å². The Balaban J connectivity index is 2.10. The zero-order valence-corrected chi connectivity index (χ0v) is 8.07. The normalized spacial score (nSPS) is 35.3. The molecule has 2 aliphatic carbocycles. The van der Waals surface area contributed by atoms with Crippen LogP contribution in [-0.2, 0) is 4.74 Å². The molecule has 0 bridgehead atoms. The molecule has 1 aliphatic heterocycles. The molecule has 2 atom stereocenters. The summed E-state index contributed by atoms with van der Waals surface area (Å²) >= 11 is 0. The molecule has 1 fully saturated rings. The molecule has 2 unspecified atom stereocenters. The van der Waals surface area contributed by atoms with Crippen molar-refractivity contribution in [3.05, 3.63) is 35.1 Å². The van der Waals surface area contributed by atoms with Crippen LogP contribution in [0.15, 0.2) is 35.1 Å². The summed E-state index contributed by atoms with van der Waals surface area (Å²) in [6, 6.07) is 0. The standard InChI is InChI=1S/C12H14O2/c13-10-5-2-6-11-12(10)9-4-1-3-8(9)7-14-11/h2,5-6,8,11,13H,1,3-4,7H2. The van der Waals surface area contributed by atoms with Gasteiger partial charge in [0.1, 0.15) is 11.9 Å². The minimum Gasteiger partial charge on any atom is -0.508 e. The molecule has 3 aliphatic rings. The van der Waals surface area contributed by atoms with Crippen molar-refractivity contribution >= 4 is 0 Å². The lowest BCUT2D eigenvalue weighted by Gasteiger charge is -2.30. The summed E-state index contributed by atoms with van der Waals surface area (Å²) < 4.78 is 5.72. The van der Waals surface area contributed by atoms with E-state index in [0.717, 1.165) is 18.6 Å². The first-order chi connectivity index (χ1) is 6.86. The lowest BCUT2D eigenvalue weighted by molar-refractivity contribution is 0.0684. The minimum atomic E-state index is 0.0179. The smallest absolute Gasteiger partial charge is 0.121 e. The highest BCUT2D eigenvalue weighted by atomic mass is 16.5. The molecular formula is C12H14O2. The van der Waals surface area contributed by atoms with Crippen molar-refractivity contribution in [3.8, 4) is 0 Å². The molecule has 0 amide bonds. The van der Waals surface area contributed by atoms with Crippen LogP contribution < -0.4 is 0 Å². The highest BCUT2D eigenvalue weighted by molar-refractivity contribution is 5.45. The minimum absolute atomic E-state index is 0.0179. The maximum absolute atomic E-state index is 9.82. The summed E-state index contributed by atoms with van der Waals surface area (Å²) in [6.45, 7) is 0.834. The Morgan fingerprint density at radius 3 is 3.29 bits per heavy atom. The molecule has 0 saturated heterocycles. The first kappa shape index (κ1) is 8.30. The molecule has 0 aromatic carbocycles. The maximum atomic E-state index is 9.82. The molecule has 0 aromatic heterocycles. The Morgan fingerprint density at radius 2 is 2.36 bits per heavy atom. The third-order valence-electron chi connectivity index (χ3n) is 3.41. The van der Waals surface area contributed by atoms with Crippen LogP contribution in [0.25, 0.3) is 0 Å². The topological polar surface area (TPSA) is 29.5 Å². The Morgan fingerprint density at radius 1 is 1.43 bits per heavy atom. The van der Waals surface area contributed by atoms with Gasteiger partial charge in [-0.25, -0.2) is 0 Å². The number of hydrogen-bond donors (Lipinski definition) is 1. The molecule has 0 aromatic rings. The van der Waals surface area contributed by atoms with E-state index in [9.17, 15) is 5.11 Å². The monoisotopic (exact) mass is 190 g/mol. The number of hydrogen-bond acceptors (Lipinski definition) is 2. The number of allylic oxidation sites excluding steroid dienone is 2. The lowest BCUT2D eigenvalue weighted by Crippen LogP contribution is -2.28. The number of rotatable bonds is 0. The number of aliphatic hydroxyl groups is 1. The lowest BCUT2D eigenvalue weighted by atomic mass is 9.88. The molecular weight excluding hydrogens is 176 g/mol. The third kappa shape index (κ3) is 1.07. The van der Waals surface area contributed by atoms with Crippen LogP contribution >= 0.6 is 0 Å². The fraction of sp³-hybridized carbons (Fsp3) is 0.500. The Kier molecular flexibility index (Phi) is 1.77. The second-order valence-electron chi connectivity index (χ2n) is 4.22. The largest absolute Gasteiger partial charge is 0.508 e. The van der Waals surface area contributed by atoms with Gasteiger partial charge in [-0.1, -0.05) is 17.7 Å². The number of fused-ring (bicyclic) bond motifs is 2. The Labute approximate surface area is 83.6 Å². The van der Waals surface area contributed by atoms with Crippen LogP contribution in [-0.4, -0.2) is 17.8 Å². The summed E-state index contributed by atoms with van der Waals surface area (Å²) in [5.74, 6) is 0.988. The molecule has 0 radical (unpaired) electrons. The summed E-state index contributed by atoms with van der Waals surface area (Å²) in [7, 11) is 0. The fourth-order valence-corrected chi connectivity index (χ4v) is 2.74. The van der Waals surface area contributed by atoms with E-state index in [2.05, 4.69) is 0 Å². The molecule has 1 saturated carbocycles. The quantitative estimate of drug-likeness (QED) is 0.636.